The van der Waals surface area contributed by atoms with E-state index >= 15 is 0 Å². The molecule has 0 N–H and O–H groups in total. The smallest absolute Gasteiger partial charge is 0.231 e. The zero-order chi connectivity index (χ0) is 18.0. The Kier molecular flexibility index (Phi) is 4.97. The second-order valence-corrected chi connectivity index (χ2v) is 8.42. The van der Waals surface area contributed by atoms with Crippen LogP contribution in [0.1, 0.15) is 11.1 Å². The van der Waals surface area contributed by atoms with E-state index in [9.17, 15) is 13.2 Å². The molecule has 25 heavy (non-hydrogen) atoms. The fourth-order valence-corrected chi connectivity index (χ4v) is 4.27. The molecule has 0 fully saturated rings. The topological polar surface area (TPSA) is 54.5 Å². The molecule has 3 rings (SSSR count). The summed E-state index contributed by atoms with van der Waals surface area (Å²) < 4.78 is 23.7. The van der Waals surface area contributed by atoms with Crippen LogP contribution in [0, 0.1) is 6.92 Å². The minimum atomic E-state index is -3.28. The molecule has 0 bridgehead atoms. The molecule has 4 nitrogen and oxygen atoms in total. The number of hydrogen-bond acceptors (Lipinski definition) is 3. The quantitative estimate of drug-likeness (QED) is 0.821. The number of carbonyl (C=O) groups excluding carboxylic acids is 1. The first-order chi connectivity index (χ1) is 11.9. The van der Waals surface area contributed by atoms with E-state index in [-0.39, 0.29) is 18.1 Å². The van der Waals surface area contributed by atoms with Crippen LogP contribution in [-0.2, 0) is 21.1 Å². The predicted octanol–water partition coefficient (Wildman–Crippen LogP) is 3.53. The minimum Gasteiger partial charge on any atom is -0.304 e. The number of hydrogen-bond donors (Lipinski definition) is 0. The molecule has 1 aliphatic rings. The molecule has 1 aliphatic heterocycles. The Morgan fingerprint density at radius 1 is 1.20 bits per heavy atom. The van der Waals surface area contributed by atoms with Crippen molar-refractivity contribution in [3.63, 3.8) is 0 Å². The number of carbonyl (C=O) groups is 1. The Morgan fingerprint density at radius 3 is 2.52 bits per heavy atom. The van der Waals surface area contributed by atoms with Gasteiger partial charge in [-0.25, -0.2) is 8.42 Å². The average Bonchev–Trinajstić information content (AvgIpc) is 2.91. The van der Waals surface area contributed by atoms with Crippen molar-refractivity contribution < 1.29 is 13.2 Å². The number of aryl methyl sites for hydroxylation is 1. The van der Waals surface area contributed by atoms with Gasteiger partial charge in [-0.2, -0.15) is 0 Å². The number of rotatable bonds is 4. The largest absolute Gasteiger partial charge is 0.304 e. The van der Waals surface area contributed by atoms with Crippen LogP contribution >= 0.6 is 11.6 Å². The van der Waals surface area contributed by atoms with Gasteiger partial charge in [0.2, 0.25) is 5.91 Å². The summed E-state index contributed by atoms with van der Waals surface area (Å²) in [4.78, 5) is 14.5. The lowest BCUT2D eigenvalue weighted by molar-refractivity contribution is -0.118. The van der Waals surface area contributed by atoms with Gasteiger partial charge in [0.15, 0.2) is 9.84 Å². The summed E-state index contributed by atoms with van der Waals surface area (Å²) >= 11 is 6.21. The highest BCUT2D eigenvalue weighted by molar-refractivity contribution is 7.94. The van der Waals surface area contributed by atoms with E-state index in [1.807, 2.05) is 43.3 Å². The standard InChI is InChI=1S/C19H18ClNO3S/c1-14-7-8-16(12-18(14)20)21(17-9-10-25(23,24)13-17)19(22)11-15-5-3-2-4-6-15/h2-10,12,17H,11,13H2,1H3/t17-/m0/s1. The van der Waals surface area contributed by atoms with Crippen LogP contribution in [0.2, 0.25) is 5.02 Å². The molecule has 0 aliphatic carbocycles. The summed E-state index contributed by atoms with van der Waals surface area (Å²) in [7, 11) is -3.28. The summed E-state index contributed by atoms with van der Waals surface area (Å²) in [5.41, 5.74) is 2.37. The lowest BCUT2D eigenvalue weighted by Gasteiger charge is -2.28. The van der Waals surface area contributed by atoms with E-state index in [2.05, 4.69) is 0 Å². The summed E-state index contributed by atoms with van der Waals surface area (Å²) in [6.45, 7) is 1.88. The maximum absolute atomic E-state index is 13.0. The number of anilines is 1. The molecule has 6 heteroatoms. The first-order valence-corrected chi connectivity index (χ1v) is 9.98. The van der Waals surface area contributed by atoms with Gasteiger partial charge in [-0.05, 0) is 36.3 Å². The molecule has 0 saturated heterocycles. The molecule has 0 saturated carbocycles. The fourth-order valence-electron chi connectivity index (χ4n) is 2.83. The molecule has 2 aromatic carbocycles. The van der Waals surface area contributed by atoms with Crippen molar-refractivity contribution in [3.05, 3.63) is 76.2 Å². The number of nitrogens with zero attached hydrogens (tertiary/aromatic N) is 1. The van der Waals surface area contributed by atoms with E-state index < -0.39 is 15.9 Å². The van der Waals surface area contributed by atoms with E-state index in [1.54, 1.807) is 18.2 Å². The van der Waals surface area contributed by atoms with Crippen LogP contribution in [0.5, 0.6) is 0 Å². The highest BCUT2D eigenvalue weighted by atomic mass is 35.5. The van der Waals surface area contributed by atoms with Gasteiger partial charge in [0.25, 0.3) is 0 Å². The lowest BCUT2D eigenvalue weighted by atomic mass is 10.1. The van der Waals surface area contributed by atoms with E-state index in [0.717, 1.165) is 11.1 Å². The highest BCUT2D eigenvalue weighted by Crippen LogP contribution is 2.28. The maximum atomic E-state index is 13.0. The molecule has 1 heterocycles. The summed E-state index contributed by atoms with van der Waals surface area (Å²) in [5, 5.41) is 1.72. The summed E-state index contributed by atoms with van der Waals surface area (Å²) in [6.07, 6.45) is 1.75. The lowest BCUT2D eigenvalue weighted by Crippen LogP contribution is -2.42. The van der Waals surface area contributed by atoms with Crippen LogP contribution in [0.15, 0.2) is 60.0 Å². The number of sulfone groups is 1. The van der Waals surface area contributed by atoms with Gasteiger partial charge in [0.05, 0.1) is 18.2 Å². The molecular formula is C19H18ClNO3S. The van der Waals surface area contributed by atoms with Crippen molar-refractivity contribution in [2.24, 2.45) is 0 Å². The van der Waals surface area contributed by atoms with E-state index in [1.165, 1.54) is 10.3 Å². The number of benzene rings is 2. The molecule has 2 aromatic rings. The van der Waals surface area contributed by atoms with E-state index in [0.29, 0.717) is 10.7 Å². The van der Waals surface area contributed by atoms with Crippen LogP contribution in [-0.4, -0.2) is 26.1 Å². The molecule has 0 spiro atoms. The Labute approximate surface area is 152 Å². The monoisotopic (exact) mass is 375 g/mol. The predicted molar refractivity (Wildman–Crippen MR) is 101 cm³/mol. The number of amides is 1. The zero-order valence-electron chi connectivity index (χ0n) is 13.7. The van der Waals surface area contributed by atoms with Gasteiger partial charge in [-0.1, -0.05) is 48.0 Å². The SMILES string of the molecule is Cc1ccc(N(C(=O)Cc2ccccc2)[C@H]2C=CS(=O)(=O)C2)cc1Cl. The average molecular weight is 376 g/mol. The van der Waals surface area contributed by atoms with Crippen molar-refractivity contribution >= 4 is 33.0 Å². The second-order valence-electron chi connectivity index (χ2n) is 6.09. The summed E-state index contributed by atoms with van der Waals surface area (Å²) in [5.74, 6) is -0.281. The fraction of sp³-hybridized carbons (Fsp3) is 0.211. The van der Waals surface area contributed by atoms with Gasteiger partial charge in [0, 0.05) is 16.1 Å². The van der Waals surface area contributed by atoms with Gasteiger partial charge in [0.1, 0.15) is 0 Å². The first kappa shape index (κ1) is 17.7. The van der Waals surface area contributed by atoms with Gasteiger partial charge in [-0.3, -0.25) is 4.79 Å². The van der Waals surface area contributed by atoms with Crippen LogP contribution in [0.4, 0.5) is 5.69 Å². The molecule has 0 aromatic heterocycles. The maximum Gasteiger partial charge on any atom is 0.231 e. The molecule has 0 radical (unpaired) electrons. The van der Waals surface area contributed by atoms with Gasteiger partial charge >= 0.3 is 0 Å². The molecule has 1 atom stereocenters. The van der Waals surface area contributed by atoms with Crippen molar-refractivity contribution in [2.75, 3.05) is 10.7 Å². The Morgan fingerprint density at radius 2 is 1.92 bits per heavy atom. The van der Waals surface area contributed by atoms with E-state index in [4.69, 9.17) is 11.6 Å². The van der Waals surface area contributed by atoms with Crippen LogP contribution < -0.4 is 4.90 Å². The van der Waals surface area contributed by atoms with Crippen LogP contribution in [0.25, 0.3) is 0 Å². The molecule has 1 amide bonds. The van der Waals surface area contributed by atoms with Gasteiger partial charge < -0.3 is 4.90 Å². The van der Waals surface area contributed by atoms with Crippen molar-refractivity contribution in [1.29, 1.82) is 0 Å². The van der Waals surface area contributed by atoms with Crippen LogP contribution in [0.3, 0.4) is 0 Å². The summed E-state index contributed by atoms with van der Waals surface area (Å²) in [6, 6.07) is 14.2. The molecular weight excluding hydrogens is 358 g/mol. The Balaban J connectivity index is 1.95. The molecule has 130 valence electrons. The zero-order valence-corrected chi connectivity index (χ0v) is 15.3. The third kappa shape index (κ3) is 4.11. The second kappa shape index (κ2) is 7.02. The third-order valence-corrected chi connectivity index (χ3v) is 5.93. The first-order valence-electron chi connectivity index (χ1n) is 7.89. The molecule has 0 unspecified atom stereocenters. The van der Waals surface area contributed by atoms with Crippen molar-refractivity contribution in [1.82, 2.24) is 0 Å². The third-order valence-electron chi connectivity index (χ3n) is 4.14. The highest BCUT2D eigenvalue weighted by Gasteiger charge is 2.31. The Hall–Kier alpha value is -2.11. The normalized spacial score (nSPS) is 18.2. The van der Waals surface area contributed by atoms with Gasteiger partial charge in [-0.15, -0.1) is 0 Å². The minimum absolute atomic E-state index is 0.112. The van der Waals surface area contributed by atoms with Crippen molar-refractivity contribution in [3.8, 4) is 0 Å². The Bertz CT molecular complexity index is 923. The van der Waals surface area contributed by atoms with Crippen molar-refractivity contribution in [2.45, 2.75) is 19.4 Å². The number of halogens is 1.